The largest absolute Gasteiger partial charge is 0.506 e. The molecule has 1 aromatic carbocycles. The first kappa shape index (κ1) is 22.8. The number of nitrogens with zero attached hydrogens (tertiary/aromatic N) is 1. The number of aliphatic imine (C=N–C) groups is 1. The average Bonchev–Trinajstić information content (AvgIpc) is 2.98. The van der Waals surface area contributed by atoms with Crippen molar-refractivity contribution in [2.45, 2.75) is 26.7 Å². The molecule has 1 aliphatic rings. The number of carbonyl (C=O) groups is 2. The highest BCUT2D eigenvalue weighted by Gasteiger charge is 2.34. The fraction of sp³-hybridized carbons (Fsp3) is 0.350. The summed E-state index contributed by atoms with van der Waals surface area (Å²) in [5.74, 6) is -0.536. The molecule has 0 radical (unpaired) electrons. The molecule has 1 aliphatic heterocycles. The molecule has 0 saturated carbocycles. The first-order valence-electron chi connectivity index (χ1n) is 8.89. The molecular weight excluding hydrogens is 418 g/mol. The molecule has 0 spiro atoms. The van der Waals surface area contributed by atoms with Gasteiger partial charge in [0.05, 0.1) is 30.8 Å². The zero-order valence-electron chi connectivity index (χ0n) is 16.6. The Morgan fingerprint density at radius 2 is 1.86 bits per heavy atom. The summed E-state index contributed by atoms with van der Waals surface area (Å²) in [6, 6.07) is 3.22. The summed E-state index contributed by atoms with van der Waals surface area (Å²) >= 11 is 7.31. The average molecular weight is 440 g/mol. The van der Waals surface area contributed by atoms with E-state index in [1.807, 2.05) is 6.92 Å². The second kappa shape index (κ2) is 10.4. The molecular formula is C20H22ClNO6S. The number of rotatable bonds is 7. The number of methoxy groups -OCH3 is 2. The van der Waals surface area contributed by atoms with Gasteiger partial charge in [-0.3, -0.25) is 4.79 Å². The van der Waals surface area contributed by atoms with Gasteiger partial charge in [0.15, 0.2) is 11.5 Å². The quantitative estimate of drug-likeness (QED) is 0.623. The molecule has 1 aromatic rings. The van der Waals surface area contributed by atoms with Gasteiger partial charge >= 0.3 is 5.97 Å². The normalized spacial score (nSPS) is 16.4. The van der Waals surface area contributed by atoms with Gasteiger partial charge in [-0.15, -0.1) is 0 Å². The van der Waals surface area contributed by atoms with E-state index in [1.54, 1.807) is 25.1 Å². The van der Waals surface area contributed by atoms with E-state index in [4.69, 9.17) is 25.8 Å². The maximum absolute atomic E-state index is 12.3. The molecule has 1 amide bonds. The van der Waals surface area contributed by atoms with Crippen LogP contribution in [-0.2, 0) is 14.3 Å². The molecule has 29 heavy (non-hydrogen) atoms. The SMILES string of the molecule is CCCC(=O)N=C1S/C(=C\c2cc(OC)c(OC)cc2Cl)C(O)=C1C(=O)OCC. The van der Waals surface area contributed by atoms with Crippen molar-refractivity contribution in [1.29, 1.82) is 0 Å². The number of aliphatic hydroxyl groups excluding tert-OH is 1. The third kappa shape index (κ3) is 5.33. The van der Waals surface area contributed by atoms with E-state index in [0.717, 1.165) is 11.8 Å². The number of amides is 1. The van der Waals surface area contributed by atoms with Crippen LogP contribution in [0.25, 0.3) is 6.08 Å². The van der Waals surface area contributed by atoms with E-state index < -0.39 is 5.97 Å². The minimum atomic E-state index is -0.748. The number of hydrogen-bond donors (Lipinski definition) is 1. The smallest absolute Gasteiger partial charge is 0.344 e. The number of carbonyl (C=O) groups excluding carboxylic acids is 2. The van der Waals surface area contributed by atoms with Crippen molar-refractivity contribution in [3.63, 3.8) is 0 Å². The number of ether oxygens (including phenoxy) is 3. The Hall–Kier alpha value is -2.45. The number of benzene rings is 1. The van der Waals surface area contributed by atoms with Crippen molar-refractivity contribution in [2.24, 2.45) is 4.99 Å². The summed E-state index contributed by atoms with van der Waals surface area (Å²) in [5.41, 5.74) is 0.395. The maximum Gasteiger partial charge on any atom is 0.344 e. The van der Waals surface area contributed by atoms with E-state index in [9.17, 15) is 14.7 Å². The molecule has 0 fully saturated rings. The van der Waals surface area contributed by atoms with Crippen molar-refractivity contribution < 1.29 is 28.9 Å². The van der Waals surface area contributed by atoms with Gasteiger partial charge < -0.3 is 19.3 Å². The molecule has 156 valence electrons. The van der Waals surface area contributed by atoms with Crippen molar-refractivity contribution in [3.05, 3.63) is 39.0 Å². The van der Waals surface area contributed by atoms with Gasteiger partial charge in [-0.05, 0) is 31.1 Å². The predicted octanol–water partition coefficient (Wildman–Crippen LogP) is 4.55. The van der Waals surface area contributed by atoms with Gasteiger partial charge in [-0.2, -0.15) is 0 Å². The monoisotopic (exact) mass is 439 g/mol. The van der Waals surface area contributed by atoms with Crippen LogP contribution in [0, 0.1) is 0 Å². The molecule has 1 heterocycles. The fourth-order valence-corrected chi connectivity index (χ4v) is 3.73. The highest BCUT2D eigenvalue weighted by Crippen LogP contribution is 2.41. The van der Waals surface area contributed by atoms with E-state index in [1.165, 1.54) is 14.2 Å². The minimum absolute atomic E-state index is 0.0993. The van der Waals surface area contributed by atoms with E-state index >= 15 is 0 Å². The summed E-state index contributed by atoms with van der Waals surface area (Å²) in [4.78, 5) is 28.6. The molecule has 0 aliphatic carbocycles. The van der Waals surface area contributed by atoms with Crippen LogP contribution in [0.5, 0.6) is 11.5 Å². The van der Waals surface area contributed by atoms with E-state index in [2.05, 4.69) is 4.99 Å². The van der Waals surface area contributed by atoms with Crippen LogP contribution in [0.3, 0.4) is 0 Å². The second-order valence-electron chi connectivity index (χ2n) is 5.84. The maximum atomic E-state index is 12.3. The zero-order chi connectivity index (χ0) is 21.6. The number of esters is 1. The predicted molar refractivity (Wildman–Crippen MR) is 114 cm³/mol. The third-order valence-corrected chi connectivity index (χ3v) is 5.20. The van der Waals surface area contributed by atoms with Crippen LogP contribution in [0.1, 0.15) is 32.3 Å². The molecule has 0 atom stereocenters. The third-order valence-electron chi connectivity index (χ3n) is 3.85. The second-order valence-corrected chi connectivity index (χ2v) is 7.28. The van der Waals surface area contributed by atoms with Gasteiger partial charge in [-0.25, -0.2) is 9.79 Å². The van der Waals surface area contributed by atoms with E-state index in [-0.39, 0.29) is 35.3 Å². The van der Waals surface area contributed by atoms with Crippen molar-refractivity contribution in [3.8, 4) is 11.5 Å². The Balaban J connectivity index is 2.53. The van der Waals surface area contributed by atoms with Crippen LogP contribution in [-0.4, -0.2) is 42.9 Å². The van der Waals surface area contributed by atoms with Gasteiger partial charge in [0.1, 0.15) is 16.4 Å². The van der Waals surface area contributed by atoms with Crippen LogP contribution in [0.15, 0.2) is 33.4 Å². The zero-order valence-corrected chi connectivity index (χ0v) is 18.1. The highest BCUT2D eigenvalue weighted by molar-refractivity contribution is 8.18. The van der Waals surface area contributed by atoms with Gasteiger partial charge in [-0.1, -0.05) is 30.3 Å². The Morgan fingerprint density at radius 3 is 2.45 bits per heavy atom. The Bertz CT molecular complexity index is 906. The van der Waals surface area contributed by atoms with Crippen molar-refractivity contribution in [1.82, 2.24) is 0 Å². The van der Waals surface area contributed by atoms with Crippen molar-refractivity contribution >= 4 is 46.4 Å². The van der Waals surface area contributed by atoms with Gasteiger partial charge in [0.2, 0.25) is 5.91 Å². The van der Waals surface area contributed by atoms with Crippen LogP contribution < -0.4 is 9.47 Å². The summed E-state index contributed by atoms with van der Waals surface area (Å²) in [7, 11) is 2.99. The van der Waals surface area contributed by atoms with Crippen LogP contribution in [0.2, 0.25) is 5.02 Å². The Morgan fingerprint density at radius 1 is 1.21 bits per heavy atom. The topological polar surface area (TPSA) is 94.4 Å². The molecule has 1 N–H and O–H groups in total. The van der Waals surface area contributed by atoms with E-state index in [0.29, 0.717) is 33.4 Å². The fourth-order valence-electron chi connectivity index (χ4n) is 2.50. The molecule has 0 unspecified atom stereocenters. The molecule has 0 saturated heterocycles. The Kier molecular flexibility index (Phi) is 8.16. The van der Waals surface area contributed by atoms with Gasteiger partial charge in [0, 0.05) is 12.5 Å². The molecule has 9 heteroatoms. The van der Waals surface area contributed by atoms with Crippen molar-refractivity contribution in [2.75, 3.05) is 20.8 Å². The lowest BCUT2D eigenvalue weighted by molar-refractivity contribution is -0.138. The minimum Gasteiger partial charge on any atom is -0.506 e. The first-order chi connectivity index (χ1) is 13.9. The number of aliphatic hydroxyl groups is 1. The standard InChI is InChI=1S/C20H22ClNO6S/c1-5-7-16(23)22-19-17(20(25)28-6-2)18(24)15(29-19)9-11-8-13(26-3)14(27-4)10-12(11)21/h8-10,24H,5-7H2,1-4H3/b15-9-,22-19?. The molecule has 2 rings (SSSR count). The number of hydrogen-bond acceptors (Lipinski definition) is 7. The van der Waals surface area contributed by atoms with Crippen LogP contribution in [0.4, 0.5) is 0 Å². The molecule has 7 nitrogen and oxygen atoms in total. The first-order valence-corrected chi connectivity index (χ1v) is 10.1. The lowest BCUT2D eigenvalue weighted by atomic mass is 10.1. The Labute approximate surface area is 178 Å². The lowest BCUT2D eigenvalue weighted by Crippen LogP contribution is -2.14. The summed E-state index contributed by atoms with van der Waals surface area (Å²) in [5, 5.41) is 11.1. The lowest BCUT2D eigenvalue weighted by Gasteiger charge is -2.10. The summed E-state index contributed by atoms with van der Waals surface area (Å²) in [6.45, 7) is 3.62. The summed E-state index contributed by atoms with van der Waals surface area (Å²) < 4.78 is 15.5. The highest BCUT2D eigenvalue weighted by atomic mass is 35.5. The number of halogens is 1. The van der Waals surface area contributed by atoms with Crippen LogP contribution >= 0.6 is 23.4 Å². The molecule has 0 aromatic heterocycles. The molecule has 0 bridgehead atoms. The summed E-state index contributed by atoms with van der Waals surface area (Å²) in [6.07, 6.45) is 2.44. The number of thioether (sulfide) groups is 1. The van der Waals surface area contributed by atoms with Gasteiger partial charge in [0.25, 0.3) is 0 Å².